The molecule has 0 aromatic heterocycles. The second-order valence-electron chi connectivity index (χ2n) is 7.14. The quantitative estimate of drug-likeness (QED) is 0.427. The highest BCUT2D eigenvalue weighted by Crippen LogP contribution is 2.37. The summed E-state index contributed by atoms with van der Waals surface area (Å²) < 4.78 is 10.8. The average Bonchev–Trinajstić information content (AvgIpc) is 2.91. The maximum Gasteiger partial charge on any atom is 0.509 e. The summed E-state index contributed by atoms with van der Waals surface area (Å²) in [6, 6.07) is 9.34. The van der Waals surface area contributed by atoms with E-state index < -0.39 is 18.2 Å². The van der Waals surface area contributed by atoms with Crippen molar-refractivity contribution in [3.05, 3.63) is 35.9 Å². The fourth-order valence-electron chi connectivity index (χ4n) is 3.18. The van der Waals surface area contributed by atoms with Crippen molar-refractivity contribution in [2.75, 3.05) is 13.6 Å². The molecule has 146 valence electrons. The van der Waals surface area contributed by atoms with Crippen molar-refractivity contribution in [1.29, 1.82) is 0 Å². The normalized spacial score (nSPS) is 20.2. The third-order valence-electron chi connectivity index (χ3n) is 4.52. The Morgan fingerprint density at radius 2 is 1.96 bits per heavy atom. The highest BCUT2D eigenvalue weighted by Gasteiger charge is 2.45. The molecule has 1 aliphatic rings. The summed E-state index contributed by atoms with van der Waals surface area (Å²) >= 11 is 0. The van der Waals surface area contributed by atoms with Crippen LogP contribution >= 0.6 is 0 Å². The first-order chi connectivity index (χ1) is 12.9. The zero-order chi connectivity index (χ0) is 19.8. The van der Waals surface area contributed by atoms with Crippen molar-refractivity contribution in [3.8, 4) is 11.8 Å². The summed E-state index contributed by atoms with van der Waals surface area (Å²) in [5.74, 6) is 5.66. The zero-order valence-electron chi connectivity index (χ0n) is 16.6. The lowest BCUT2D eigenvalue weighted by molar-refractivity contribution is -0.134. The van der Waals surface area contributed by atoms with Crippen LogP contribution in [0.15, 0.2) is 30.3 Å². The first-order valence-electron chi connectivity index (χ1n) is 9.59. The number of carbonyl (C=O) groups excluding carboxylic acids is 2. The molecule has 1 amide bonds. The first kappa shape index (κ1) is 20.8. The monoisotopic (exact) mass is 371 g/mol. The van der Waals surface area contributed by atoms with Crippen LogP contribution in [0, 0.1) is 23.7 Å². The van der Waals surface area contributed by atoms with Crippen LogP contribution in [0.5, 0.6) is 0 Å². The van der Waals surface area contributed by atoms with Crippen LogP contribution in [0.1, 0.15) is 51.7 Å². The van der Waals surface area contributed by atoms with Crippen LogP contribution in [-0.2, 0) is 14.3 Å². The molecule has 5 nitrogen and oxygen atoms in total. The highest BCUT2D eigenvalue weighted by atomic mass is 16.7. The minimum atomic E-state index is -0.765. The van der Waals surface area contributed by atoms with Crippen LogP contribution in [-0.4, -0.2) is 36.7 Å². The molecule has 1 fully saturated rings. The van der Waals surface area contributed by atoms with Gasteiger partial charge in [0.15, 0.2) is 0 Å². The van der Waals surface area contributed by atoms with E-state index in [1.807, 2.05) is 30.3 Å². The van der Waals surface area contributed by atoms with Crippen LogP contribution in [0.2, 0.25) is 0 Å². The lowest BCUT2D eigenvalue weighted by Crippen LogP contribution is -2.30. The minimum Gasteiger partial charge on any atom is -0.432 e. The number of unbranched alkanes of at least 4 members (excludes halogenated alkanes) is 2. The summed E-state index contributed by atoms with van der Waals surface area (Å²) in [4.78, 5) is 26.7. The average molecular weight is 371 g/mol. The van der Waals surface area contributed by atoms with Gasteiger partial charge in [0.05, 0.1) is 17.9 Å². The summed E-state index contributed by atoms with van der Waals surface area (Å²) in [5.41, 5.74) is 0.771. The van der Waals surface area contributed by atoms with Crippen molar-refractivity contribution < 1.29 is 19.1 Å². The van der Waals surface area contributed by atoms with Gasteiger partial charge in [-0.05, 0) is 25.8 Å². The molecule has 1 aromatic carbocycles. The molecular weight excluding hydrogens is 342 g/mol. The predicted octanol–water partition coefficient (Wildman–Crippen LogP) is 4.19. The van der Waals surface area contributed by atoms with Gasteiger partial charge >= 0.3 is 6.16 Å². The van der Waals surface area contributed by atoms with Gasteiger partial charge in [0.25, 0.3) is 0 Å². The van der Waals surface area contributed by atoms with E-state index in [2.05, 4.69) is 18.8 Å². The van der Waals surface area contributed by atoms with Gasteiger partial charge in [0.2, 0.25) is 5.91 Å². The Morgan fingerprint density at radius 1 is 1.26 bits per heavy atom. The molecule has 1 heterocycles. The molecule has 3 atom stereocenters. The summed E-state index contributed by atoms with van der Waals surface area (Å²) in [6.45, 7) is 6.18. The second kappa shape index (κ2) is 10.0. The molecule has 1 aromatic rings. The third-order valence-corrected chi connectivity index (χ3v) is 4.52. The number of likely N-dealkylation sites (tertiary alicyclic amines) is 1. The van der Waals surface area contributed by atoms with Crippen LogP contribution in [0.25, 0.3) is 0 Å². The van der Waals surface area contributed by atoms with Crippen molar-refractivity contribution in [3.63, 3.8) is 0 Å². The number of hydrogen-bond acceptors (Lipinski definition) is 4. The molecular formula is C22H29NO4. The van der Waals surface area contributed by atoms with Crippen LogP contribution < -0.4 is 0 Å². The van der Waals surface area contributed by atoms with Crippen LogP contribution in [0.3, 0.4) is 0 Å². The SMILES string of the molecule is CCCCC#C[C@@H]1CN(C)C(=O)[C@H]1[C@@H](OC(=O)OC(C)C)c1ccccc1. The van der Waals surface area contributed by atoms with Gasteiger partial charge in [-0.3, -0.25) is 4.79 Å². The Labute approximate surface area is 162 Å². The van der Waals surface area contributed by atoms with Gasteiger partial charge in [-0.25, -0.2) is 4.79 Å². The van der Waals surface area contributed by atoms with Gasteiger partial charge in [-0.1, -0.05) is 49.6 Å². The predicted molar refractivity (Wildman–Crippen MR) is 104 cm³/mol. The van der Waals surface area contributed by atoms with E-state index in [1.165, 1.54) is 0 Å². The smallest absolute Gasteiger partial charge is 0.432 e. The first-order valence-corrected chi connectivity index (χ1v) is 9.59. The topological polar surface area (TPSA) is 55.8 Å². The van der Waals surface area contributed by atoms with Crippen LogP contribution in [0.4, 0.5) is 4.79 Å². The standard InChI is InChI=1S/C22H29NO4/c1-5-6-7-9-14-18-15-23(4)21(24)19(18)20(17-12-10-8-11-13-17)27-22(25)26-16(2)3/h8,10-13,16,18-20H,5-7,15H2,1-4H3/t18-,19-,20+/m1/s1. The molecule has 0 unspecified atom stereocenters. The molecule has 0 bridgehead atoms. The van der Waals surface area contributed by atoms with Gasteiger partial charge in [-0.2, -0.15) is 0 Å². The van der Waals surface area contributed by atoms with E-state index >= 15 is 0 Å². The van der Waals surface area contributed by atoms with E-state index in [1.54, 1.807) is 25.8 Å². The molecule has 0 N–H and O–H groups in total. The maximum absolute atomic E-state index is 12.8. The van der Waals surface area contributed by atoms with Crippen molar-refractivity contribution in [1.82, 2.24) is 4.90 Å². The van der Waals surface area contributed by atoms with Gasteiger partial charge in [0, 0.05) is 20.0 Å². The van der Waals surface area contributed by atoms with Gasteiger partial charge in [-0.15, -0.1) is 5.92 Å². The van der Waals surface area contributed by atoms with Crippen molar-refractivity contribution in [2.45, 2.75) is 52.2 Å². The zero-order valence-corrected chi connectivity index (χ0v) is 16.6. The summed E-state index contributed by atoms with van der Waals surface area (Å²) in [6.07, 6.45) is 1.15. The molecule has 0 aliphatic carbocycles. The Balaban J connectivity index is 2.30. The molecule has 5 heteroatoms. The summed E-state index contributed by atoms with van der Waals surface area (Å²) in [7, 11) is 1.76. The van der Waals surface area contributed by atoms with E-state index in [9.17, 15) is 9.59 Å². The number of hydrogen-bond donors (Lipinski definition) is 0. The Morgan fingerprint density at radius 3 is 2.59 bits per heavy atom. The fraction of sp³-hybridized carbons (Fsp3) is 0.545. The lowest BCUT2D eigenvalue weighted by Gasteiger charge is -2.25. The summed E-state index contributed by atoms with van der Waals surface area (Å²) in [5, 5.41) is 0. The molecule has 0 radical (unpaired) electrons. The van der Waals surface area contributed by atoms with E-state index in [-0.39, 0.29) is 17.9 Å². The Kier molecular flexibility index (Phi) is 7.72. The van der Waals surface area contributed by atoms with Crippen molar-refractivity contribution in [2.24, 2.45) is 11.8 Å². The van der Waals surface area contributed by atoms with E-state index in [0.717, 1.165) is 24.8 Å². The molecule has 1 saturated heterocycles. The number of carbonyl (C=O) groups is 2. The number of amides is 1. The van der Waals surface area contributed by atoms with Gasteiger partial charge in [0.1, 0.15) is 6.10 Å². The number of rotatable bonds is 6. The maximum atomic E-state index is 12.8. The third kappa shape index (κ3) is 5.75. The molecule has 2 rings (SSSR count). The molecule has 27 heavy (non-hydrogen) atoms. The second-order valence-corrected chi connectivity index (χ2v) is 7.14. The largest absolute Gasteiger partial charge is 0.509 e. The van der Waals surface area contributed by atoms with Crippen molar-refractivity contribution >= 4 is 12.1 Å². The number of ether oxygens (including phenoxy) is 2. The minimum absolute atomic E-state index is 0.0593. The molecule has 1 aliphatic heterocycles. The van der Waals surface area contributed by atoms with E-state index in [0.29, 0.717) is 6.54 Å². The number of nitrogens with zero attached hydrogens (tertiary/aromatic N) is 1. The lowest BCUT2D eigenvalue weighted by atomic mass is 9.86. The molecule has 0 saturated carbocycles. The van der Waals surface area contributed by atoms with Gasteiger partial charge < -0.3 is 14.4 Å². The Hall–Kier alpha value is -2.48. The number of benzene rings is 1. The molecule has 0 spiro atoms. The van der Waals surface area contributed by atoms with E-state index in [4.69, 9.17) is 9.47 Å². The fourth-order valence-corrected chi connectivity index (χ4v) is 3.18. The Bertz CT molecular complexity index is 689. The highest BCUT2D eigenvalue weighted by molar-refractivity contribution is 5.83.